The Morgan fingerprint density at radius 2 is 1.37 bits per heavy atom. The van der Waals surface area contributed by atoms with Crippen LogP contribution in [0.1, 0.15) is 55.7 Å². The van der Waals surface area contributed by atoms with Crippen LogP contribution in [0.15, 0.2) is 154 Å². The molecular formula is C48H38N2O2. The van der Waals surface area contributed by atoms with E-state index in [2.05, 4.69) is 151 Å². The van der Waals surface area contributed by atoms with E-state index in [9.17, 15) is 0 Å². The second kappa shape index (κ2) is 12.3. The number of aromatic nitrogens is 2. The van der Waals surface area contributed by atoms with Crippen molar-refractivity contribution in [3.63, 3.8) is 0 Å². The molecule has 52 heavy (non-hydrogen) atoms. The van der Waals surface area contributed by atoms with Gasteiger partial charge in [-0.15, -0.1) is 0 Å². The van der Waals surface area contributed by atoms with E-state index < -0.39 is 0 Å². The molecular weight excluding hydrogens is 637 g/mol. The second-order valence-electron chi connectivity index (χ2n) is 14.1. The Bertz CT molecular complexity index is 2890. The lowest BCUT2D eigenvalue weighted by Gasteiger charge is -2.21. The highest BCUT2D eigenvalue weighted by Gasteiger charge is 2.22. The molecule has 0 radical (unpaired) electrons. The molecule has 0 aliphatic heterocycles. The molecule has 4 nitrogen and oxygen atoms in total. The van der Waals surface area contributed by atoms with E-state index in [-0.39, 0.29) is 0 Å². The Morgan fingerprint density at radius 3 is 2.21 bits per heavy atom. The van der Waals surface area contributed by atoms with Crippen LogP contribution >= 0.6 is 0 Å². The highest BCUT2D eigenvalue weighted by molar-refractivity contribution is 6.17. The summed E-state index contributed by atoms with van der Waals surface area (Å²) in [5, 5.41) is 6.69. The maximum absolute atomic E-state index is 6.82. The van der Waals surface area contributed by atoms with E-state index in [1.54, 1.807) is 0 Å². The quantitative estimate of drug-likeness (QED) is 0.176. The number of furan rings is 2. The van der Waals surface area contributed by atoms with Gasteiger partial charge in [-0.1, -0.05) is 104 Å². The summed E-state index contributed by atoms with van der Waals surface area (Å²) in [6.45, 7) is 4.54. The summed E-state index contributed by atoms with van der Waals surface area (Å²) in [4.78, 5) is 4.49. The van der Waals surface area contributed by atoms with Crippen LogP contribution in [-0.4, -0.2) is 9.55 Å². The predicted molar refractivity (Wildman–Crippen MR) is 216 cm³/mol. The molecule has 0 bridgehead atoms. The minimum atomic E-state index is 0.341. The first-order chi connectivity index (χ1) is 25.7. The van der Waals surface area contributed by atoms with Gasteiger partial charge in [0.25, 0.3) is 0 Å². The first-order valence-electron chi connectivity index (χ1n) is 18.4. The van der Waals surface area contributed by atoms with Gasteiger partial charge in [-0.05, 0) is 96.7 Å². The highest BCUT2D eigenvalue weighted by atomic mass is 16.3. The van der Waals surface area contributed by atoms with Crippen molar-refractivity contribution in [2.75, 3.05) is 0 Å². The molecule has 0 N–H and O–H groups in total. The number of nitrogens with zero attached hydrogens (tertiary/aromatic N) is 2. The van der Waals surface area contributed by atoms with Gasteiger partial charge in [0.1, 0.15) is 16.7 Å². The highest BCUT2D eigenvalue weighted by Crippen LogP contribution is 2.42. The maximum atomic E-state index is 6.82. The smallest absolute Gasteiger partial charge is 0.159 e. The van der Waals surface area contributed by atoms with Crippen LogP contribution in [0.25, 0.3) is 76.9 Å². The van der Waals surface area contributed by atoms with Gasteiger partial charge in [0.2, 0.25) is 0 Å². The summed E-state index contributed by atoms with van der Waals surface area (Å²) in [5.74, 6) is 0.341. The van der Waals surface area contributed by atoms with Gasteiger partial charge < -0.3 is 13.4 Å². The molecule has 252 valence electrons. The lowest BCUT2D eigenvalue weighted by molar-refractivity contribution is 0.632. The summed E-state index contributed by atoms with van der Waals surface area (Å²) in [7, 11) is 0. The number of para-hydroxylation sites is 3. The predicted octanol–water partition coefficient (Wildman–Crippen LogP) is 13.4. The normalized spacial score (nSPS) is 17.0. The van der Waals surface area contributed by atoms with Crippen molar-refractivity contribution in [2.45, 2.75) is 45.4 Å². The summed E-state index contributed by atoms with van der Waals surface area (Å²) < 4.78 is 15.9. The molecule has 4 aromatic heterocycles. The number of pyridine rings is 1. The Labute approximate surface area is 302 Å². The monoisotopic (exact) mass is 674 g/mol. The van der Waals surface area contributed by atoms with Gasteiger partial charge in [0.15, 0.2) is 5.58 Å². The fraction of sp³-hybridized carbons (Fsp3) is 0.146. The summed E-state index contributed by atoms with van der Waals surface area (Å²) in [5.41, 5.74) is 13.3. The summed E-state index contributed by atoms with van der Waals surface area (Å²) in [6.07, 6.45) is 17.1. The van der Waals surface area contributed by atoms with Gasteiger partial charge in [0.05, 0.1) is 22.9 Å². The molecule has 0 saturated carbocycles. The number of benzene rings is 5. The van der Waals surface area contributed by atoms with E-state index in [4.69, 9.17) is 8.83 Å². The minimum absolute atomic E-state index is 0.341. The maximum Gasteiger partial charge on any atom is 0.159 e. The lowest BCUT2D eigenvalue weighted by Crippen LogP contribution is -2.06. The van der Waals surface area contributed by atoms with Gasteiger partial charge in [-0.2, -0.15) is 0 Å². The molecule has 5 aromatic carbocycles. The molecule has 10 rings (SSSR count). The summed E-state index contributed by atoms with van der Waals surface area (Å²) >= 11 is 0. The summed E-state index contributed by atoms with van der Waals surface area (Å²) in [6, 6.07) is 36.9. The average molecular weight is 675 g/mol. The van der Waals surface area contributed by atoms with Crippen LogP contribution in [0.3, 0.4) is 0 Å². The van der Waals surface area contributed by atoms with Gasteiger partial charge >= 0.3 is 0 Å². The first-order valence-corrected chi connectivity index (χ1v) is 18.4. The van der Waals surface area contributed by atoms with Crippen molar-refractivity contribution in [1.29, 1.82) is 0 Å². The molecule has 1 aliphatic carbocycles. The molecule has 9 aromatic rings. The van der Waals surface area contributed by atoms with E-state index in [0.717, 1.165) is 86.3 Å². The molecule has 1 aliphatic rings. The second-order valence-corrected chi connectivity index (χ2v) is 14.1. The molecule has 0 spiro atoms. The van der Waals surface area contributed by atoms with Crippen molar-refractivity contribution in [2.24, 2.45) is 0 Å². The zero-order chi connectivity index (χ0) is 34.8. The van der Waals surface area contributed by atoms with Crippen molar-refractivity contribution in [3.8, 4) is 5.69 Å². The van der Waals surface area contributed by atoms with E-state index in [1.165, 1.54) is 38.6 Å². The standard InChI is InChI=1S/C48H38N2O2/c1-3-31(34-17-8-9-18-35(34)33-16-7-5-4-6-14-30(33)2)26-32-15-12-20-38-40-27-46-41(28-45(40)51-47(32)38)39-21-13-23-43(48(39)52-46)50-42-22-11-10-19-36(42)37-24-25-49-29-44(37)50/h6-25,27-29,31H,3-5,26H2,1-2H3/b14-6-,16-7-,33-30+/t31-/m0/s1. The first kappa shape index (κ1) is 30.7. The van der Waals surface area contributed by atoms with Gasteiger partial charge in [-0.25, -0.2) is 0 Å². The minimum Gasteiger partial charge on any atom is -0.456 e. The van der Waals surface area contributed by atoms with Crippen LogP contribution < -0.4 is 0 Å². The van der Waals surface area contributed by atoms with E-state index in [0.29, 0.717) is 5.92 Å². The SMILES string of the molecule is CC[C@@H](Cc1cccc2c1oc1cc3c(cc12)oc1c(-n2c4ccccc4c4ccncc42)cccc13)c1ccccc1C1=C(C)/C=C\CC/C=C\1. The molecule has 0 unspecified atom stereocenters. The fourth-order valence-corrected chi connectivity index (χ4v) is 8.56. The van der Waals surface area contributed by atoms with Crippen LogP contribution in [-0.2, 0) is 6.42 Å². The Kier molecular flexibility index (Phi) is 7.24. The molecule has 4 heterocycles. The molecule has 1 atom stereocenters. The number of hydrogen-bond acceptors (Lipinski definition) is 3. The Hall–Kier alpha value is -6.13. The number of rotatable bonds is 6. The molecule has 4 heteroatoms. The van der Waals surface area contributed by atoms with Crippen molar-refractivity contribution < 1.29 is 8.83 Å². The topological polar surface area (TPSA) is 44.1 Å². The van der Waals surface area contributed by atoms with E-state index in [1.807, 2.05) is 12.4 Å². The van der Waals surface area contributed by atoms with Crippen molar-refractivity contribution in [1.82, 2.24) is 9.55 Å². The average Bonchev–Trinajstić information content (AvgIpc) is 3.84. The third-order valence-corrected chi connectivity index (χ3v) is 11.1. The zero-order valence-electron chi connectivity index (χ0n) is 29.4. The third-order valence-electron chi connectivity index (χ3n) is 11.1. The van der Waals surface area contributed by atoms with Crippen LogP contribution in [0.2, 0.25) is 0 Å². The van der Waals surface area contributed by atoms with Gasteiger partial charge in [0, 0.05) is 38.5 Å². The zero-order valence-corrected chi connectivity index (χ0v) is 29.4. The van der Waals surface area contributed by atoms with Crippen molar-refractivity contribution >= 4 is 71.3 Å². The fourth-order valence-electron chi connectivity index (χ4n) is 8.56. The third kappa shape index (κ3) is 4.78. The number of hydrogen-bond donors (Lipinski definition) is 0. The van der Waals surface area contributed by atoms with Crippen LogP contribution in [0, 0.1) is 0 Å². The molecule has 0 fully saturated rings. The molecule has 0 saturated heterocycles. The number of allylic oxidation sites excluding steroid dienone is 6. The lowest BCUT2D eigenvalue weighted by atomic mass is 9.83. The van der Waals surface area contributed by atoms with Crippen LogP contribution in [0.5, 0.6) is 0 Å². The van der Waals surface area contributed by atoms with Gasteiger partial charge in [-0.3, -0.25) is 4.98 Å². The Balaban J connectivity index is 1.09. The number of fused-ring (bicyclic) bond motifs is 9. The van der Waals surface area contributed by atoms with Crippen molar-refractivity contribution in [3.05, 3.63) is 162 Å². The van der Waals surface area contributed by atoms with E-state index >= 15 is 0 Å². The largest absolute Gasteiger partial charge is 0.456 e. The van der Waals surface area contributed by atoms with Crippen LogP contribution in [0.4, 0.5) is 0 Å². The Morgan fingerprint density at radius 1 is 0.673 bits per heavy atom. The molecule has 0 amide bonds.